The normalized spacial score (nSPS) is 25.4. The summed E-state index contributed by atoms with van der Waals surface area (Å²) >= 11 is 0. The number of hydrogen-bond acceptors (Lipinski definition) is 30. The molecule has 140 heavy (non-hydrogen) atoms. The number of amides is 1. The molecule has 0 bridgehead atoms. The van der Waals surface area contributed by atoms with Crippen LogP contribution in [-0.4, -0.2) is 496 Å². The quantitative estimate of drug-likeness (QED) is 0.0357. The van der Waals surface area contributed by atoms with E-state index in [-0.39, 0.29) is 77.8 Å². The van der Waals surface area contributed by atoms with Crippen molar-refractivity contribution in [3.05, 3.63) is 0 Å². The lowest BCUT2D eigenvalue weighted by atomic mass is 9.94. The number of sulfone groups is 1. The average molecular weight is 2040 g/mol. The van der Waals surface area contributed by atoms with E-state index < -0.39 is 21.6 Å². The molecule has 8 atom stereocenters. The highest BCUT2D eigenvalue weighted by atomic mass is 32.2. The number of carbonyl (C=O) groups excluding carboxylic acids is 1. The Hall–Kier alpha value is -1.93. The first-order valence-electron chi connectivity index (χ1n) is 54.8. The number of alkyl halides is 1. The molecule has 11 aliphatic heterocycles. The van der Waals surface area contributed by atoms with E-state index in [1.54, 1.807) is 4.90 Å². The number of aliphatic hydroxyl groups is 2. The molecule has 8 unspecified atom stereocenters. The predicted molar refractivity (Wildman–Crippen MR) is 568 cm³/mol. The number of nitrogens with zero attached hydrogens (tertiary/aromatic N) is 10. The van der Waals surface area contributed by atoms with E-state index in [0.717, 1.165) is 175 Å². The predicted octanol–water partition coefficient (Wildman–Crippen LogP) is 12.4. The van der Waals surface area contributed by atoms with E-state index in [1.165, 1.54) is 97.6 Å². The Morgan fingerprint density at radius 1 is 0.429 bits per heavy atom. The van der Waals surface area contributed by atoms with Crippen LogP contribution in [0.4, 0.5) is 9.18 Å². The van der Waals surface area contributed by atoms with Crippen LogP contribution in [0, 0.1) is 17.8 Å². The molecule has 11 saturated heterocycles. The van der Waals surface area contributed by atoms with Gasteiger partial charge in [0.25, 0.3) is 0 Å². The second-order valence-corrected chi connectivity index (χ2v) is 46.5. The molecule has 5 N–H and O–H groups in total. The molecule has 0 aromatic rings. The van der Waals surface area contributed by atoms with E-state index in [2.05, 4.69) is 140 Å². The van der Waals surface area contributed by atoms with Crippen LogP contribution in [0.3, 0.4) is 0 Å². The number of nitrogens with one attached hydrogen (secondary N) is 2. The van der Waals surface area contributed by atoms with Gasteiger partial charge in [-0.25, -0.2) is 22.8 Å². The van der Waals surface area contributed by atoms with Gasteiger partial charge in [0, 0.05) is 131 Å². The maximum Gasteiger partial charge on any atom is 0.410 e. The number of halogens is 1. The van der Waals surface area contributed by atoms with Crippen molar-refractivity contribution in [2.24, 2.45) is 17.8 Å². The lowest BCUT2D eigenvalue weighted by Gasteiger charge is -2.34. The van der Waals surface area contributed by atoms with Gasteiger partial charge in [0.05, 0.1) is 201 Å². The Labute approximate surface area is 856 Å². The molecule has 0 spiro atoms. The summed E-state index contributed by atoms with van der Waals surface area (Å²) in [6, 6.07) is 0.352. The maximum absolute atomic E-state index is 12.7. The van der Waals surface area contributed by atoms with Crippen LogP contribution in [0.2, 0.25) is 0 Å². The summed E-state index contributed by atoms with van der Waals surface area (Å²) in [6.45, 7) is 89.6. The largest absolute Gasteiger partial charge is 0.444 e. The third-order valence-corrected chi connectivity index (χ3v) is 26.7. The SMILES string of the molecule is CC(C)OCC1C(O)CCN1C.CC(C)OCC1CCN(C)CC1.CC(C)OCC1CN(C(=O)OC(C)(C)C)CCO1.CC(C)OCC1CNCCO1.CC(C)OCC1NCCC1O.CC(C)OCCC1CC[N+](C)(O)CC1.CC(C)OCCN1CCC(F)C1.CC(C)OCCN1CCC1.CC(C)OCCN1CCCN(C)CC1.CC(C)OCCN1CCS(=O)(=O)CC1.CC1CCN(CCOC(C)C)C1. The van der Waals surface area contributed by atoms with Gasteiger partial charge in [0.1, 0.15) is 24.9 Å². The highest BCUT2D eigenvalue weighted by Crippen LogP contribution is 2.25. The number of hydrogen-bond donors (Lipinski definition) is 5. The van der Waals surface area contributed by atoms with Crippen molar-refractivity contribution >= 4 is 15.9 Å². The molecule has 0 radical (unpaired) electrons. The summed E-state index contributed by atoms with van der Waals surface area (Å²) in [5.74, 6) is 3.06. The molecule has 1 amide bonds. The molecule has 34 heteroatoms. The number of quaternary nitrogens is 1. The van der Waals surface area contributed by atoms with E-state index in [0.29, 0.717) is 127 Å². The Balaban J connectivity index is 0.000000772. The number of morpholine rings is 2. The van der Waals surface area contributed by atoms with Crippen LogP contribution >= 0.6 is 0 Å². The summed E-state index contributed by atoms with van der Waals surface area (Å²) in [5.41, 5.74) is -0.459. The van der Waals surface area contributed by atoms with Gasteiger partial charge in [-0.1, -0.05) is 6.92 Å². The second-order valence-electron chi connectivity index (χ2n) is 44.2. The number of likely N-dealkylation sites (tertiary alicyclic amines) is 6. The van der Waals surface area contributed by atoms with E-state index in [4.69, 9.17) is 66.3 Å². The number of ether oxygens (including phenoxy) is 14. The molecule has 0 aromatic carbocycles. The molecule has 32 nitrogen and oxygen atoms in total. The first-order chi connectivity index (χ1) is 65.9. The van der Waals surface area contributed by atoms with Gasteiger partial charge in [-0.15, -0.1) is 0 Å². The minimum atomic E-state index is -2.74. The van der Waals surface area contributed by atoms with E-state index >= 15 is 0 Å². The Bertz CT molecular complexity index is 2920. The first kappa shape index (κ1) is 136. The second kappa shape index (κ2) is 80.0. The van der Waals surface area contributed by atoms with Gasteiger partial charge in [-0.3, -0.25) is 19.6 Å². The van der Waals surface area contributed by atoms with Gasteiger partial charge in [-0.2, -0.15) is 4.65 Å². The highest BCUT2D eigenvalue weighted by Gasteiger charge is 2.34. The third-order valence-electron chi connectivity index (χ3n) is 25.1. The topological polar surface area (TPSA) is 294 Å². The van der Waals surface area contributed by atoms with Crippen LogP contribution in [0.15, 0.2) is 0 Å². The van der Waals surface area contributed by atoms with E-state index in [9.17, 15) is 33.0 Å². The number of piperidine rings is 2. The van der Waals surface area contributed by atoms with Crippen molar-refractivity contribution in [1.29, 1.82) is 0 Å². The summed E-state index contributed by atoms with van der Waals surface area (Å²) in [7, 11) is 5.58. The fourth-order valence-electron chi connectivity index (χ4n) is 16.1. The Kier molecular flexibility index (Phi) is 77.8. The molecule has 838 valence electrons. The molecule has 11 heterocycles. The minimum absolute atomic E-state index is 0.0614. The van der Waals surface area contributed by atoms with Crippen molar-refractivity contribution in [1.82, 2.24) is 54.7 Å². The van der Waals surface area contributed by atoms with Crippen LogP contribution in [0.1, 0.15) is 251 Å². The molecule has 11 aliphatic rings. The Morgan fingerprint density at radius 2 is 0.857 bits per heavy atom. The first-order valence-corrected chi connectivity index (χ1v) is 56.6. The van der Waals surface area contributed by atoms with Gasteiger partial charge in [0.15, 0.2) is 9.84 Å². The van der Waals surface area contributed by atoms with Crippen molar-refractivity contribution in [3.63, 3.8) is 0 Å². The van der Waals surface area contributed by atoms with E-state index in [1.807, 2.05) is 118 Å². The third kappa shape index (κ3) is 78.3. The van der Waals surface area contributed by atoms with Gasteiger partial charge in [-0.05, 0) is 322 Å². The Morgan fingerprint density at radius 3 is 1.29 bits per heavy atom. The fourth-order valence-corrected chi connectivity index (χ4v) is 17.4. The maximum atomic E-state index is 12.7. The van der Waals surface area contributed by atoms with Gasteiger partial charge < -0.3 is 112 Å². The van der Waals surface area contributed by atoms with Crippen LogP contribution in [0.25, 0.3) is 0 Å². The monoisotopic (exact) mass is 2030 g/mol. The number of carbonyl (C=O) groups is 1. The van der Waals surface area contributed by atoms with Crippen molar-refractivity contribution in [2.45, 2.75) is 366 Å². The van der Waals surface area contributed by atoms with Crippen LogP contribution < -0.4 is 10.6 Å². The summed E-state index contributed by atoms with van der Waals surface area (Å²) in [6.07, 6.45) is 14.8. The lowest BCUT2D eigenvalue weighted by Crippen LogP contribution is -2.49. The average Bonchev–Trinajstić information content (AvgIpc) is 0.962. The van der Waals surface area contributed by atoms with Gasteiger partial charge in [0.2, 0.25) is 0 Å². The standard InChI is InChI=1S/C13H25NO4.C11H24N2O.C11H24NO2.2C10H21NO.C9H18FNO.C9H19NO3S.C9H19NO2.2C8H17NO2.C8H17NO/c1-10(2)17-9-11-8-14(6-7-16-11)12(15)18-13(3,4)5;1-11(2)14-10-9-13-6-4-5-12(3)7-8-13;1-10(2)14-9-6-11-4-7-12(3,13)8-5-11;1-9(2)12-8-10-4-6-11(3)7-5-10;1-9(2)12-7-6-11-5-4-10(3)8-11;1-8(2)12-6-5-11-4-3-9(10)7-11;1-9(2)13-6-3-10-4-7-14(11,12)8-5-10;1-7(2)12-6-8-9(11)4-5-10(8)3;1-7(2)11-6-8-5-9-3-4-10-8;1-6(2)11-5-7-8(10)3-4-9-7;1-8(2)10-7-6-9-4-3-5-9/h10-11H,6-9H2,1-5H3;11H,4-10H2,1-3H3;10-11,13H,4-9H2,1-3H3;2*9-10H,4-8H2,1-3H3;8-9H,3-7H2,1-2H3;9H,3-8H2,1-2H3;7-9,11H,4-6H2,1-3H3;7-9H,3-6H2,1-2H3;6-10H,3-5H2,1-2H3;8H,3-7H2,1-2H3/q;;+1;;;;;;;;. The summed E-state index contributed by atoms with van der Waals surface area (Å²) < 4.78 is 112. The highest BCUT2D eigenvalue weighted by molar-refractivity contribution is 7.91. The number of aliphatic hydroxyl groups excluding tert-OH is 2. The van der Waals surface area contributed by atoms with Crippen molar-refractivity contribution < 1.29 is 104 Å². The summed E-state index contributed by atoms with van der Waals surface area (Å²) in [5, 5.41) is 35.1. The zero-order chi connectivity index (χ0) is 105. The molecule has 11 fully saturated rings. The molecular formula is C106H222FN12O20S+. The van der Waals surface area contributed by atoms with Crippen molar-refractivity contribution in [3.8, 4) is 0 Å². The lowest BCUT2D eigenvalue weighted by molar-refractivity contribution is -1.09. The number of rotatable bonds is 39. The molecular weight excluding hydrogens is 1810 g/mol. The van der Waals surface area contributed by atoms with Crippen LogP contribution in [-0.2, 0) is 76.2 Å². The molecule has 0 aromatic heterocycles. The smallest absolute Gasteiger partial charge is 0.410 e. The van der Waals surface area contributed by atoms with Crippen LogP contribution in [0.5, 0.6) is 0 Å². The fraction of sp³-hybridized carbons (Fsp3) is 0.991. The zero-order valence-corrected chi connectivity index (χ0v) is 96.0. The minimum Gasteiger partial charge on any atom is -0.444 e. The van der Waals surface area contributed by atoms with Gasteiger partial charge >= 0.3 is 6.09 Å². The van der Waals surface area contributed by atoms with Crippen molar-refractivity contribution in [2.75, 3.05) is 302 Å². The molecule has 11 rings (SSSR count). The number of hydroxylamine groups is 3. The molecule has 0 saturated carbocycles. The molecule has 0 aliphatic carbocycles. The zero-order valence-electron chi connectivity index (χ0n) is 95.1. The number of likely N-dealkylation sites (N-methyl/N-ethyl adjacent to an activating group) is 2. The summed E-state index contributed by atoms with van der Waals surface area (Å²) in [4.78, 5) is 32.2.